The number of hydrogen-bond donors (Lipinski definition) is 1. The number of carbonyl (C=O) groups excluding carboxylic acids is 2. The van der Waals surface area contributed by atoms with Gasteiger partial charge in [0.2, 0.25) is 0 Å². The third-order valence-corrected chi connectivity index (χ3v) is 7.08. The molecule has 5 heteroatoms. The molecule has 0 bridgehead atoms. The fourth-order valence-corrected chi connectivity index (χ4v) is 4.46. The molecule has 0 radical (unpaired) electrons. The minimum Gasteiger partial charge on any atom is -0.462 e. The Balaban J connectivity index is 3.69. The molecule has 5 nitrogen and oxygen atoms in total. The van der Waals surface area contributed by atoms with Gasteiger partial charge in [-0.15, -0.1) is 0 Å². The number of esters is 2. The van der Waals surface area contributed by atoms with Crippen LogP contribution >= 0.6 is 0 Å². The van der Waals surface area contributed by atoms with E-state index in [0.717, 1.165) is 77.0 Å². The Morgan fingerprint density at radius 1 is 0.558 bits per heavy atom. The zero-order chi connectivity index (χ0) is 31.5. The second-order valence-electron chi connectivity index (χ2n) is 11.2. The second-order valence-corrected chi connectivity index (χ2v) is 11.2. The van der Waals surface area contributed by atoms with Gasteiger partial charge < -0.3 is 14.6 Å². The maximum Gasteiger partial charge on any atom is 0.306 e. The summed E-state index contributed by atoms with van der Waals surface area (Å²) in [4.78, 5) is 24.1. The van der Waals surface area contributed by atoms with Crippen molar-refractivity contribution in [2.24, 2.45) is 0 Å². The molecule has 1 N–H and O–H groups in total. The van der Waals surface area contributed by atoms with Crippen molar-refractivity contribution in [3.63, 3.8) is 0 Å². The molecule has 0 spiro atoms. The van der Waals surface area contributed by atoms with Crippen LogP contribution in [0.1, 0.15) is 149 Å². The quantitative estimate of drug-likeness (QED) is 0.0504. The van der Waals surface area contributed by atoms with E-state index in [9.17, 15) is 14.7 Å². The number of aliphatic hydroxyl groups excluding tert-OH is 1. The summed E-state index contributed by atoms with van der Waals surface area (Å²) in [6.45, 7) is 3.96. The Labute approximate surface area is 264 Å². The molecule has 0 heterocycles. The molecule has 0 fully saturated rings. The van der Waals surface area contributed by atoms with E-state index in [1.807, 2.05) is 0 Å². The average Bonchev–Trinajstić information content (AvgIpc) is 3.01. The molecular weight excluding hydrogens is 536 g/mol. The van der Waals surface area contributed by atoms with Crippen molar-refractivity contribution in [1.29, 1.82) is 0 Å². The van der Waals surface area contributed by atoms with E-state index < -0.39 is 6.10 Å². The van der Waals surface area contributed by atoms with Gasteiger partial charge in [0.15, 0.2) is 6.10 Å². The number of rotatable bonds is 30. The van der Waals surface area contributed by atoms with Gasteiger partial charge in [0.25, 0.3) is 0 Å². The normalized spacial score (nSPS) is 12.9. The average molecular weight is 601 g/mol. The van der Waals surface area contributed by atoms with E-state index in [4.69, 9.17) is 9.47 Å². The van der Waals surface area contributed by atoms with Gasteiger partial charge in [0.1, 0.15) is 6.61 Å². The first-order chi connectivity index (χ1) is 21.1. The van der Waals surface area contributed by atoms with Gasteiger partial charge in [-0.05, 0) is 57.8 Å². The number of allylic oxidation sites excluding steroid dienone is 10. The molecule has 0 unspecified atom stereocenters. The molecule has 0 saturated carbocycles. The van der Waals surface area contributed by atoms with Gasteiger partial charge in [-0.25, -0.2) is 0 Å². The molecule has 0 saturated heterocycles. The van der Waals surface area contributed by atoms with Gasteiger partial charge in [-0.3, -0.25) is 9.59 Å². The number of unbranched alkanes of at least 4 members (excludes halogenated alkanes) is 12. The fraction of sp³-hybridized carbons (Fsp3) is 0.684. The van der Waals surface area contributed by atoms with Gasteiger partial charge in [-0.2, -0.15) is 0 Å². The molecule has 0 amide bonds. The van der Waals surface area contributed by atoms with Crippen LogP contribution in [0.25, 0.3) is 0 Å². The lowest BCUT2D eigenvalue weighted by atomic mass is 10.1. The fourth-order valence-electron chi connectivity index (χ4n) is 4.46. The highest BCUT2D eigenvalue weighted by Gasteiger charge is 2.16. The van der Waals surface area contributed by atoms with Crippen molar-refractivity contribution in [3.8, 4) is 0 Å². The first kappa shape index (κ1) is 40.6. The Morgan fingerprint density at radius 2 is 1.00 bits per heavy atom. The van der Waals surface area contributed by atoms with Crippen LogP contribution in [0.4, 0.5) is 0 Å². The summed E-state index contributed by atoms with van der Waals surface area (Å²) >= 11 is 0. The molecule has 0 aliphatic carbocycles. The van der Waals surface area contributed by atoms with Crippen LogP contribution in [0.3, 0.4) is 0 Å². The number of ether oxygens (including phenoxy) is 2. The van der Waals surface area contributed by atoms with Crippen molar-refractivity contribution in [3.05, 3.63) is 60.8 Å². The van der Waals surface area contributed by atoms with E-state index in [1.54, 1.807) is 0 Å². The third-order valence-electron chi connectivity index (χ3n) is 7.08. The van der Waals surface area contributed by atoms with E-state index >= 15 is 0 Å². The first-order valence-electron chi connectivity index (χ1n) is 17.3. The zero-order valence-electron chi connectivity index (χ0n) is 27.7. The number of carbonyl (C=O) groups is 2. The Bertz CT molecular complexity index is 777. The number of aliphatic hydroxyl groups is 1. The van der Waals surface area contributed by atoms with E-state index in [1.165, 1.54) is 44.9 Å². The zero-order valence-corrected chi connectivity index (χ0v) is 27.7. The van der Waals surface area contributed by atoms with Gasteiger partial charge >= 0.3 is 11.9 Å². The molecule has 0 rings (SSSR count). The lowest BCUT2D eigenvalue weighted by Crippen LogP contribution is -2.28. The third kappa shape index (κ3) is 32.4. The van der Waals surface area contributed by atoms with E-state index in [0.29, 0.717) is 12.8 Å². The van der Waals surface area contributed by atoms with Crippen molar-refractivity contribution in [2.45, 2.75) is 155 Å². The molecule has 0 aliphatic rings. The second kappa shape index (κ2) is 34.1. The highest BCUT2D eigenvalue weighted by Crippen LogP contribution is 2.12. The summed E-state index contributed by atoms with van der Waals surface area (Å²) in [7, 11) is 0. The van der Waals surface area contributed by atoms with Crippen LogP contribution in [0, 0.1) is 0 Å². The molecule has 246 valence electrons. The van der Waals surface area contributed by atoms with Crippen molar-refractivity contribution >= 4 is 11.9 Å². The lowest BCUT2D eigenvalue weighted by molar-refractivity contribution is -0.161. The maximum atomic E-state index is 12.1. The van der Waals surface area contributed by atoms with Crippen LogP contribution in [0.5, 0.6) is 0 Å². The molecule has 1 atom stereocenters. The summed E-state index contributed by atoms with van der Waals surface area (Å²) in [5.74, 6) is -0.635. The van der Waals surface area contributed by atoms with Crippen molar-refractivity contribution in [1.82, 2.24) is 0 Å². The monoisotopic (exact) mass is 600 g/mol. The first-order valence-corrected chi connectivity index (χ1v) is 17.3. The van der Waals surface area contributed by atoms with E-state index in [2.05, 4.69) is 74.6 Å². The largest absolute Gasteiger partial charge is 0.462 e. The van der Waals surface area contributed by atoms with Crippen molar-refractivity contribution < 1.29 is 24.2 Å². The minimum atomic E-state index is -0.787. The van der Waals surface area contributed by atoms with Crippen molar-refractivity contribution in [2.75, 3.05) is 13.2 Å². The summed E-state index contributed by atoms with van der Waals surface area (Å²) in [6, 6.07) is 0. The lowest BCUT2D eigenvalue weighted by Gasteiger charge is -2.15. The smallest absolute Gasteiger partial charge is 0.306 e. The van der Waals surface area contributed by atoms with E-state index in [-0.39, 0.29) is 25.2 Å². The molecular formula is C38H64O5. The van der Waals surface area contributed by atoms with Gasteiger partial charge in [0.05, 0.1) is 6.61 Å². The minimum absolute atomic E-state index is 0.0805. The molecule has 0 aliphatic heterocycles. The van der Waals surface area contributed by atoms with Crippen LogP contribution < -0.4 is 0 Å². The highest BCUT2D eigenvalue weighted by atomic mass is 16.6. The SMILES string of the molecule is CC/C=C\C/C=C\C/C=C\C/C=C\C/C=C\CCCCCC(=O)O[C@@H](CO)COC(=O)CCCCCCCCCCCC. The van der Waals surface area contributed by atoms with Crippen LogP contribution in [0.15, 0.2) is 60.8 Å². The number of hydrogen-bond acceptors (Lipinski definition) is 5. The summed E-state index contributed by atoms with van der Waals surface area (Å²) in [5, 5.41) is 9.50. The van der Waals surface area contributed by atoms with Gasteiger partial charge in [0, 0.05) is 12.8 Å². The van der Waals surface area contributed by atoms with Gasteiger partial charge in [-0.1, -0.05) is 139 Å². The summed E-state index contributed by atoms with van der Waals surface area (Å²) < 4.78 is 10.5. The Hall–Kier alpha value is -2.40. The van der Waals surface area contributed by atoms with Crippen LogP contribution in [-0.4, -0.2) is 36.4 Å². The maximum absolute atomic E-state index is 12.1. The predicted molar refractivity (Wildman–Crippen MR) is 182 cm³/mol. The molecule has 0 aromatic rings. The van der Waals surface area contributed by atoms with Crippen LogP contribution in [-0.2, 0) is 19.1 Å². The Morgan fingerprint density at radius 3 is 1.51 bits per heavy atom. The topological polar surface area (TPSA) is 72.8 Å². The summed E-state index contributed by atoms with van der Waals surface area (Å²) in [6.07, 6.45) is 42.7. The summed E-state index contributed by atoms with van der Waals surface area (Å²) in [5.41, 5.74) is 0. The highest BCUT2D eigenvalue weighted by molar-refractivity contribution is 5.70. The standard InChI is InChI=1S/C38H64O5/c1-3-5-7-9-11-13-15-16-17-18-19-20-21-22-23-25-27-29-31-33-38(41)43-36(34-39)35-42-37(40)32-30-28-26-24-14-12-10-8-6-4-2/h5,7,11,13,16-17,19-20,22-23,36,39H,3-4,6,8-10,12,14-15,18,21,24-35H2,1-2H3/b7-5-,13-11-,17-16-,20-19-,23-22-/t36-/m0/s1. The predicted octanol–water partition coefficient (Wildman–Crippen LogP) is 10.4. The Kier molecular flexibility index (Phi) is 32.2. The molecule has 0 aromatic heterocycles. The molecule has 43 heavy (non-hydrogen) atoms. The molecule has 0 aromatic carbocycles. The van der Waals surface area contributed by atoms with Crippen LogP contribution in [0.2, 0.25) is 0 Å².